The van der Waals surface area contributed by atoms with Crippen molar-refractivity contribution in [2.75, 3.05) is 0 Å². The molecule has 0 aromatic heterocycles. The van der Waals surface area contributed by atoms with Crippen LogP contribution in [0.5, 0.6) is 0 Å². The summed E-state index contributed by atoms with van der Waals surface area (Å²) in [5.41, 5.74) is 0. The highest BCUT2D eigenvalue weighted by Crippen LogP contribution is 2.76. The Morgan fingerprint density at radius 1 is 0.733 bits per heavy atom. The van der Waals surface area contributed by atoms with E-state index in [0.29, 0.717) is 0 Å². The summed E-state index contributed by atoms with van der Waals surface area (Å²) in [5.74, 6) is 0. The molecule has 0 bridgehead atoms. The lowest BCUT2D eigenvalue weighted by Gasteiger charge is -2.79. The molecular weight excluding hydrogens is 228 g/mol. The van der Waals surface area contributed by atoms with Crippen molar-refractivity contribution in [2.24, 2.45) is 0 Å². The molecule has 1 aliphatic heterocycles. The van der Waals surface area contributed by atoms with Gasteiger partial charge in [0.2, 0.25) is 0 Å². The summed E-state index contributed by atoms with van der Waals surface area (Å²) in [6.45, 7) is 26.3. The Labute approximate surface area is 99.9 Å². The Balaban J connectivity index is 3.36. The summed E-state index contributed by atoms with van der Waals surface area (Å²) in [6.07, 6.45) is 0. The first-order valence-electron chi connectivity index (χ1n) is 6.25. The van der Waals surface area contributed by atoms with Crippen LogP contribution in [0.3, 0.4) is 0 Å². The van der Waals surface area contributed by atoms with E-state index < -0.39 is 24.2 Å². The first-order chi connectivity index (χ1) is 6.25. The van der Waals surface area contributed by atoms with E-state index in [2.05, 4.69) is 66.6 Å². The average molecular weight is 259 g/mol. The zero-order valence-electron chi connectivity index (χ0n) is 12.5. The molecule has 0 amide bonds. The standard InChI is InChI=1S/C12H30Si3/c1-11(2)14(7,8)12(3,13(4,5)6)15(11,9)10/h1-10H3. The molecule has 1 saturated heterocycles. The van der Waals surface area contributed by atoms with E-state index in [4.69, 9.17) is 0 Å². The molecule has 90 valence electrons. The fourth-order valence-electron chi connectivity index (χ4n) is 4.62. The molecule has 1 rings (SSSR count). The molecule has 0 spiro atoms. The molecule has 0 aliphatic carbocycles. The maximum absolute atomic E-state index is 2.67. The Kier molecular flexibility index (Phi) is 2.66. The van der Waals surface area contributed by atoms with Gasteiger partial charge in [0.25, 0.3) is 0 Å². The van der Waals surface area contributed by atoms with Gasteiger partial charge in [-0.3, -0.25) is 0 Å². The highest BCUT2D eigenvalue weighted by atomic mass is 28.5. The molecule has 1 aliphatic rings. The minimum atomic E-state index is -1.08. The van der Waals surface area contributed by atoms with Gasteiger partial charge in [0.05, 0.1) is 16.1 Å². The first kappa shape index (κ1) is 13.7. The van der Waals surface area contributed by atoms with Gasteiger partial charge in [-0.2, -0.15) is 0 Å². The van der Waals surface area contributed by atoms with Crippen molar-refractivity contribution in [3.05, 3.63) is 0 Å². The van der Waals surface area contributed by atoms with Crippen LogP contribution in [-0.2, 0) is 0 Å². The third-order valence-electron chi connectivity index (χ3n) is 7.12. The lowest BCUT2D eigenvalue weighted by Crippen LogP contribution is -2.84. The van der Waals surface area contributed by atoms with Gasteiger partial charge in [-0.25, -0.2) is 0 Å². The highest BCUT2D eigenvalue weighted by Gasteiger charge is 2.78. The normalized spacial score (nSPS) is 30.8. The quantitative estimate of drug-likeness (QED) is 0.586. The minimum Gasteiger partial charge on any atom is -0.0696 e. The van der Waals surface area contributed by atoms with E-state index in [1.54, 1.807) is 0 Å². The van der Waals surface area contributed by atoms with E-state index in [-0.39, 0.29) is 0 Å². The smallest absolute Gasteiger partial charge is 0.0510 e. The van der Waals surface area contributed by atoms with Crippen LogP contribution in [0.2, 0.25) is 54.8 Å². The van der Waals surface area contributed by atoms with Crippen LogP contribution < -0.4 is 0 Å². The second-order valence-corrected chi connectivity index (χ2v) is 26.8. The Morgan fingerprint density at radius 3 is 1.13 bits per heavy atom. The summed E-state index contributed by atoms with van der Waals surface area (Å²) < 4.78 is 1.52. The molecule has 0 unspecified atom stereocenters. The van der Waals surface area contributed by atoms with Gasteiger partial charge in [-0.05, 0) is 8.95 Å². The van der Waals surface area contributed by atoms with Crippen LogP contribution in [0.25, 0.3) is 0 Å². The van der Waals surface area contributed by atoms with Gasteiger partial charge in [-0.15, -0.1) is 0 Å². The second-order valence-electron chi connectivity index (χ2n) is 8.25. The summed E-state index contributed by atoms with van der Waals surface area (Å²) in [7, 11) is -3.19. The maximum Gasteiger partial charge on any atom is 0.0510 e. The topological polar surface area (TPSA) is 0 Å². The Bertz CT molecular complexity index is 264. The minimum absolute atomic E-state index is 0.717. The van der Waals surface area contributed by atoms with Crippen molar-refractivity contribution in [1.29, 1.82) is 0 Å². The summed E-state index contributed by atoms with van der Waals surface area (Å²) in [6, 6.07) is 0. The van der Waals surface area contributed by atoms with E-state index >= 15 is 0 Å². The van der Waals surface area contributed by atoms with E-state index in [1.165, 1.54) is 0 Å². The lowest BCUT2D eigenvalue weighted by atomic mass is 10.5. The predicted octanol–water partition coefficient (Wildman–Crippen LogP) is 4.91. The van der Waals surface area contributed by atoms with Gasteiger partial charge in [-0.1, -0.05) is 66.6 Å². The van der Waals surface area contributed by atoms with Gasteiger partial charge < -0.3 is 0 Å². The van der Waals surface area contributed by atoms with E-state index in [0.717, 1.165) is 8.95 Å². The van der Waals surface area contributed by atoms with Crippen molar-refractivity contribution in [3.8, 4) is 0 Å². The van der Waals surface area contributed by atoms with Crippen LogP contribution in [0, 0.1) is 0 Å². The number of rotatable bonds is 1. The molecule has 15 heavy (non-hydrogen) atoms. The molecule has 0 atom stereocenters. The molecule has 0 aromatic rings. The van der Waals surface area contributed by atoms with Gasteiger partial charge in [0.1, 0.15) is 0 Å². The molecule has 3 heteroatoms. The summed E-state index contributed by atoms with van der Waals surface area (Å²) >= 11 is 0. The summed E-state index contributed by atoms with van der Waals surface area (Å²) in [5, 5.41) is 0. The van der Waals surface area contributed by atoms with Crippen molar-refractivity contribution in [3.63, 3.8) is 0 Å². The second kappa shape index (κ2) is 2.91. The maximum atomic E-state index is 2.67. The third-order valence-corrected chi connectivity index (χ3v) is 37.1. The van der Waals surface area contributed by atoms with Crippen LogP contribution in [0.4, 0.5) is 0 Å². The van der Waals surface area contributed by atoms with Gasteiger partial charge in [0, 0.05) is 8.07 Å². The molecule has 1 heterocycles. The highest BCUT2D eigenvalue weighted by molar-refractivity contribution is 7.29. The molecular formula is C12H30Si3. The molecule has 0 aromatic carbocycles. The van der Waals surface area contributed by atoms with Crippen molar-refractivity contribution >= 4 is 24.2 Å². The molecule has 0 radical (unpaired) electrons. The van der Waals surface area contributed by atoms with Crippen molar-refractivity contribution < 1.29 is 0 Å². The van der Waals surface area contributed by atoms with E-state index in [1.807, 2.05) is 0 Å². The van der Waals surface area contributed by atoms with Crippen LogP contribution in [-0.4, -0.2) is 24.2 Å². The van der Waals surface area contributed by atoms with E-state index in [9.17, 15) is 0 Å². The van der Waals surface area contributed by atoms with Crippen LogP contribution in [0.15, 0.2) is 0 Å². The molecule has 0 nitrogen and oxygen atoms in total. The first-order valence-corrected chi connectivity index (χ1v) is 15.8. The van der Waals surface area contributed by atoms with Gasteiger partial charge in [0.15, 0.2) is 0 Å². The lowest BCUT2D eigenvalue weighted by molar-refractivity contribution is 0.709. The molecule has 0 N–H and O–H groups in total. The third kappa shape index (κ3) is 1.13. The fraction of sp³-hybridized carbons (Fsp3) is 1.00. The van der Waals surface area contributed by atoms with Crippen molar-refractivity contribution in [2.45, 2.75) is 75.5 Å². The van der Waals surface area contributed by atoms with Gasteiger partial charge >= 0.3 is 0 Å². The Hall–Kier alpha value is 0.651. The zero-order chi connectivity index (χ0) is 12.5. The largest absolute Gasteiger partial charge is 0.0696 e. The number of hydrogen-bond acceptors (Lipinski definition) is 0. The van der Waals surface area contributed by atoms with Crippen LogP contribution in [0.1, 0.15) is 20.8 Å². The van der Waals surface area contributed by atoms with Crippen molar-refractivity contribution in [1.82, 2.24) is 0 Å². The predicted molar refractivity (Wildman–Crippen MR) is 80.7 cm³/mol. The molecule has 0 saturated carbocycles. The Morgan fingerprint density at radius 2 is 1.00 bits per heavy atom. The zero-order valence-corrected chi connectivity index (χ0v) is 15.5. The molecule has 1 fully saturated rings. The average Bonchev–Trinajstić information content (AvgIpc) is 1.98. The van der Waals surface area contributed by atoms with Crippen LogP contribution >= 0.6 is 0 Å². The number of hydrogen-bond donors (Lipinski definition) is 0. The monoisotopic (exact) mass is 258 g/mol. The summed E-state index contributed by atoms with van der Waals surface area (Å²) in [4.78, 5) is 0. The fourth-order valence-corrected chi connectivity index (χ4v) is 39.8. The SMILES string of the molecule is CC1(C)[Si](C)(C)C(C)([Si](C)(C)C)[Si]1(C)C.